The maximum absolute atomic E-state index is 11.9. The number of carboxylic acid groups (broad SMARTS) is 2. The van der Waals surface area contributed by atoms with E-state index in [4.69, 9.17) is 10.2 Å². The lowest BCUT2D eigenvalue weighted by atomic mass is 10.3. The average Bonchev–Trinajstić information content (AvgIpc) is 2.38. The molecular weight excluding hydrogens is 278 g/mol. The first-order chi connectivity index (χ1) is 9.95. The fourth-order valence-electron chi connectivity index (χ4n) is 1.94. The highest BCUT2D eigenvalue weighted by Gasteiger charge is 2.16. The molecule has 0 saturated heterocycles. The lowest BCUT2D eigenvalue weighted by Gasteiger charge is -2.16. The number of aliphatic carboxylic acids is 2. The zero-order valence-corrected chi connectivity index (χ0v) is 10.9. The number of aromatic nitrogens is 2. The number of hydrogen-bond acceptors (Lipinski definition) is 5. The number of fused-ring (bicyclic) bond motifs is 1. The van der Waals surface area contributed by atoms with Crippen molar-refractivity contribution in [3.63, 3.8) is 0 Å². The fourth-order valence-corrected chi connectivity index (χ4v) is 1.94. The number of aromatic amines is 1. The van der Waals surface area contributed by atoms with Crippen molar-refractivity contribution in [1.29, 1.82) is 0 Å². The number of hydrogen-bond donors (Lipinski definition) is 3. The summed E-state index contributed by atoms with van der Waals surface area (Å²) in [6.45, 7) is -1.13. The van der Waals surface area contributed by atoms with Crippen LogP contribution < -0.4 is 5.56 Å². The predicted octanol–water partition coefficient (Wildman–Crippen LogP) is -0.106. The van der Waals surface area contributed by atoms with Crippen LogP contribution in [0.25, 0.3) is 11.0 Å². The molecule has 0 aliphatic carbocycles. The molecule has 0 spiro atoms. The van der Waals surface area contributed by atoms with E-state index in [0.717, 1.165) is 4.90 Å². The molecule has 2 rings (SSSR count). The quantitative estimate of drug-likeness (QED) is 0.678. The van der Waals surface area contributed by atoms with Gasteiger partial charge >= 0.3 is 11.9 Å². The Morgan fingerprint density at radius 3 is 2.38 bits per heavy atom. The second-order valence-corrected chi connectivity index (χ2v) is 4.46. The molecule has 0 aliphatic rings. The average molecular weight is 291 g/mol. The normalized spacial score (nSPS) is 10.9. The molecule has 0 fully saturated rings. The number of rotatable bonds is 6. The van der Waals surface area contributed by atoms with Gasteiger partial charge in [0.15, 0.2) is 0 Å². The Kier molecular flexibility index (Phi) is 4.29. The summed E-state index contributed by atoms with van der Waals surface area (Å²) in [5.41, 5.74) is 0.734. The maximum atomic E-state index is 11.9. The van der Waals surface area contributed by atoms with Crippen molar-refractivity contribution >= 4 is 23.0 Å². The molecule has 0 saturated carbocycles. The molecule has 0 unspecified atom stereocenters. The minimum Gasteiger partial charge on any atom is -0.480 e. The Morgan fingerprint density at radius 2 is 1.76 bits per heavy atom. The van der Waals surface area contributed by atoms with Crippen LogP contribution in [0.1, 0.15) is 5.69 Å². The maximum Gasteiger partial charge on any atom is 0.317 e. The molecule has 0 bridgehead atoms. The van der Waals surface area contributed by atoms with Gasteiger partial charge in [0.1, 0.15) is 5.69 Å². The van der Waals surface area contributed by atoms with Gasteiger partial charge in [0.2, 0.25) is 0 Å². The van der Waals surface area contributed by atoms with Gasteiger partial charge in [-0.1, -0.05) is 12.1 Å². The van der Waals surface area contributed by atoms with Crippen LogP contribution in [0.3, 0.4) is 0 Å². The van der Waals surface area contributed by atoms with Gasteiger partial charge in [-0.25, -0.2) is 4.98 Å². The van der Waals surface area contributed by atoms with Gasteiger partial charge < -0.3 is 15.2 Å². The van der Waals surface area contributed by atoms with E-state index in [1.165, 1.54) is 0 Å². The number of carbonyl (C=O) groups is 2. The van der Waals surface area contributed by atoms with Crippen LogP contribution in [0.15, 0.2) is 29.1 Å². The summed E-state index contributed by atoms with van der Waals surface area (Å²) in [4.78, 5) is 41.3. The van der Waals surface area contributed by atoms with E-state index < -0.39 is 30.6 Å². The van der Waals surface area contributed by atoms with Gasteiger partial charge in [-0.3, -0.25) is 19.3 Å². The molecule has 1 aromatic carbocycles. The topological polar surface area (TPSA) is 124 Å². The smallest absolute Gasteiger partial charge is 0.317 e. The molecular formula is C13H13N3O5. The molecule has 110 valence electrons. The SMILES string of the molecule is O=C(O)CN(CC(=O)O)Cc1nc2ccccc2[nH]c1=O. The van der Waals surface area contributed by atoms with Crippen molar-refractivity contribution in [2.75, 3.05) is 13.1 Å². The molecule has 3 N–H and O–H groups in total. The largest absolute Gasteiger partial charge is 0.480 e. The molecule has 21 heavy (non-hydrogen) atoms. The third kappa shape index (κ3) is 3.86. The number of H-pyrrole nitrogens is 1. The van der Waals surface area contributed by atoms with E-state index >= 15 is 0 Å². The minimum atomic E-state index is -1.17. The monoisotopic (exact) mass is 291 g/mol. The molecule has 1 aromatic heterocycles. The first-order valence-electron chi connectivity index (χ1n) is 6.09. The Labute approximate surface area is 118 Å². The summed E-state index contributed by atoms with van der Waals surface area (Å²) in [6.07, 6.45) is 0. The highest BCUT2D eigenvalue weighted by atomic mass is 16.4. The van der Waals surface area contributed by atoms with E-state index in [1.807, 2.05) is 0 Å². The Morgan fingerprint density at radius 1 is 1.14 bits per heavy atom. The lowest BCUT2D eigenvalue weighted by molar-refractivity contribution is -0.142. The molecule has 8 heteroatoms. The van der Waals surface area contributed by atoms with Crippen LogP contribution >= 0.6 is 0 Å². The lowest BCUT2D eigenvalue weighted by Crippen LogP contribution is -2.36. The fraction of sp³-hybridized carbons (Fsp3) is 0.231. The number of nitrogens with one attached hydrogen (secondary N) is 1. The summed E-state index contributed by atoms with van der Waals surface area (Å²) in [5, 5.41) is 17.5. The van der Waals surface area contributed by atoms with Gasteiger partial charge in [-0.2, -0.15) is 0 Å². The third-order valence-electron chi connectivity index (χ3n) is 2.76. The molecule has 0 radical (unpaired) electrons. The number of benzene rings is 1. The van der Waals surface area contributed by atoms with Gasteiger partial charge in [-0.05, 0) is 12.1 Å². The summed E-state index contributed by atoms with van der Waals surface area (Å²) in [5.74, 6) is -2.35. The van der Waals surface area contributed by atoms with E-state index in [2.05, 4.69) is 9.97 Å². The summed E-state index contributed by atoms with van der Waals surface area (Å²) < 4.78 is 0. The number of para-hydroxylation sites is 2. The van der Waals surface area contributed by atoms with Crippen molar-refractivity contribution in [1.82, 2.24) is 14.9 Å². The first kappa shape index (κ1) is 14.7. The predicted molar refractivity (Wildman–Crippen MR) is 72.9 cm³/mol. The second kappa shape index (κ2) is 6.14. The minimum absolute atomic E-state index is 0.0798. The second-order valence-electron chi connectivity index (χ2n) is 4.46. The van der Waals surface area contributed by atoms with Crippen molar-refractivity contribution in [2.24, 2.45) is 0 Å². The summed E-state index contributed by atoms with van der Waals surface area (Å²) in [6, 6.07) is 6.90. The van der Waals surface area contributed by atoms with Gasteiger partial charge in [0.25, 0.3) is 5.56 Å². The molecule has 8 nitrogen and oxygen atoms in total. The Balaban J connectivity index is 2.31. The van der Waals surface area contributed by atoms with E-state index in [-0.39, 0.29) is 12.2 Å². The van der Waals surface area contributed by atoms with Gasteiger partial charge in [0.05, 0.1) is 24.1 Å². The standard InChI is InChI=1S/C13H13N3O5/c17-11(18)6-16(7-12(19)20)5-10-13(21)15-9-4-2-1-3-8(9)14-10/h1-4H,5-7H2,(H,15,21)(H,17,18)(H,19,20). The van der Waals surface area contributed by atoms with Gasteiger partial charge in [0, 0.05) is 6.54 Å². The van der Waals surface area contributed by atoms with Crippen molar-refractivity contribution in [2.45, 2.75) is 6.54 Å². The number of nitrogens with zero attached hydrogens (tertiary/aromatic N) is 2. The van der Waals surface area contributed by atoms with Crippen LogP contribution in [0.4, 0.5) is 0 Å². The molecule has 0 atom stereocenters. The third-order valence-corrected chi connectivity index (χ3v) is 2.76. The zero-order valence-electron chi connectivity index (χ0n) is 10.9. The van der Waals surface area contributed by atoms with Crippen molar-refractivity contribution in [3.8, 4) is 0 Å². The highest BCUT2D eigenvalue weighted by molar-refractivity contribution is 5.74. The van der Waals surface area contributed by atoms with E-state index in [9.17, 15) is 14.4 Å². The molecule has 0 amide bonds. The summed E-state index contributed by atoms with van der Waals surface area (Å²) in [7, 11) is 0. The van der Waals surface area contributed by atoms with Crippen LogP contribution in [0, 0.1) is 0 Å². The van der Waals surface area contributed by atoms with Crippen LogP contribution in [0.2, 0.25) is 0 Å². The molecule has 0 aliphatic heterocycles. The van der Waals surface area contributed by atoms with E-state index in [0.29, 0.717) is 11.0 Å². The van der Waals surface area contributed by atoms with Crippen LogP contribution in [-0.2, 0) is 16.1 Å². The summed E-state index contributed by atoms with van der Waals surface area (Å²) >= 11 is 0. The van der Waals surface area contributed by atoms with Gasteiger partial charge in [-0.15, -0.1) is 0 Å². The van der Waals surface area contributed by atoms with Crippen LogP contribution in [0.5, 0.6) is 0 Å². The molecule has 2 aromatic rings. The Bertz CT molecular complexity index is 724. The van der Waals surface area contributed by atoms with E-state index in [1.54, 1.807) is 24.3 Å². The molecule has 1 heterocycles. The van der Waals surface area contributed by atoms with Crippen molar-refractivity contribution < 1.29 is 19.8 Å². The highest BCUT2D eigenvalue weighted by Crippen LogP contribution is 2.07. The van der Waals surface area contributed by atoms with Crippen molar-refractivity contribution in [3.05, 3.63) is 40.3 Å². The zero-order chi connectivity index (χ0) is 15.4. The Hall–Kier alpha value is -2.74. The first-order valence-corrected chi connectivity index (χ1v) is 6.09. The number of carboxylic acids is 2. The van der Waals surface area contributed by atoms with Crippen LogP contribution in [-0.4, -0.2) is 50.1 Å².